The first-order valence-electron chi connectivity index (χ1n) is 6.43. The highest BCUT2D eigenvalue weighted by Crippen LogP contribution is 2.15. The monoisotopic (exact) mass is 295 g/mol. The zero-order valence-corrected chi connectivity index (χ0v) is 11.4. The smallest absolute Gasteiger partial charge is 0.318 e. The van der Waals surface area contributed by atoms with Crippen LogP contribution < -0.4 is 10.1 Å². The summed E-state index contributed by atoms with van der Waals surface area (Å²) in [7, 11) is 0. The molecule has 7 heteroatoms. The molecule has 0 spiro atoms. The van der Waals surface area contributed by atoms with Gasteiger partial charge in [-0.05, 0) is 24.1 Å². The van der Waals surface area contributed by atoms with Crippen LogP contribution in [0, 0.1) is 11.6 Å². The molecule has 5 nitrogen and oxygen atoms in total. The van der Waals surface area contributed by atoms with Crippen LogP contribution in [-0.2, 0) is 6.61 Å². The van der Waals surface area contributed by atoms with Crippen LogP contribution in [0.1, 0.15) is 18.9 Å². The van der Waals surface area contributed by atoms with E-state index >= 15 is 0 Å². The quantitative estimate of drug-likeness (QED) is 0.801. The summed E-state index contributed by atoms with van der Waals surface area (Å²) in [5.74, 6) is -1.15. The van der Waals surface area contributed by atoms with Crippen LogP contribution in [0.3, 0.4) is 0 Å². The Hall–Kier alpha value is -2.28. The van der Waals surface area contributed by atoms with Crippen LogP contribution in [0.5, 0.6) is 6.01 Å². The average molecular weight is 295 g/mol. The summed E-state index contributed by atoms with van der Waals surface area (Å²) in [5.41, 5.74) is 0.729. The Labute approximate surface area is 120 Å². The molecule has 2 rings (SSSR count). The molecule has 2 N–H and O–H groups in total. The van der Waals surface area contributed by atoms with Crippen LogP contribution in [0.4, 0.5) is 14.6 Å². The van der Waals surface area contributed by atoms with Gasteiger partial charge in [-0.2, -0.15) is 4.98 Å². The zero-order chi connectivity index (χ0) is 15.2. The number of hydrogen-bond donors (Lipinski definition) is 2. The maximum atomic E-state index is 13.5. The van der Waals surface area contributed by atoms with E-state index in [0.29, 0.717) is 6.42 Å². The van der Waals surface area contributed by atoms with Gasteiger partial charge >= 0.3 is 6.01 Å². The number of hydrogen-bond acceptors (Lipinski definition) is 5. The van der Waals surface area contributed by atoms with Crippen molar-refractivity contribution in [3.63, 3.8) is 0 Å². The molecular weight excluding hydrogens is 280 g/mol. The molecule has 1 aromatic heterocycles. The minimum atomic E-state index is -0.903. The van der Waals surface area contributed by atoms with E-state index in [0.717, 1.165) is 11.8 Å². The summed E-state index contributed by atoms with van der Waals surface area (Å²) in [6.07, 6.45) is 0.451. The molecule has 1 atom stereocenters. The van der Waals surface area contributed by atoms with E-state index in [1.165, 1.54) is 12.1 Å². The number of anilines is 1. The second-order valence-electron chi connectivity index (χ2n) is 4.33. The molecule has 0 amide bonds. The second-order valence-corrected chi connectivity index (χ2v) is 4.33. The summed E-state index contributed by atoms with van der Waals surface area (Å²) >= 11 is 0. The Bertz CT molecular complexity index is 593. The van der Waals surface area contributed by atoms with Gasteiger partial charge in [-0.3, -0.25) is 0 Å². The van der Waals surface area contributed by atoms with Crippen LogP contribution in [-0.4, -0.2) is 21.3 Å². The third-order valence-electron chi connectivity index (χ3n) is 2.69. The number of aliphatic hydroxyl groups excluding tert-OH is 1. The van der Waals surface area contributed by atoms with Crippen molar-refractivity contribution in [2.45, 2.75) is 26.2 Å². The molecule has 1 heterocycles. The molecule has 0 aliphatic carbocycles. The standard InChI is InChI=1S/C14H15F2N3O2/c1-2-12(20)18-13-11(16)7-17-14(19-13)21-8-9-3-5-10(15)6-4-9/h3-7,12,20H,2,8H2,1H3,(H,17,18,19). The molecule has 1 unspecified atom stereocenters. The highest BCUT2D eigenvalue weighted by Gasteiger charge is 2.10. The highest BCUT2D eigenvalue weighted by atomic mass is 19.1. The van der Waals surface area contributed by atoms with Crippen molar-refractivity contribution in [3.05, 3.63) is 47.7 Å². The molecule has 0 bridgehead atoms. The lowest BCUT2D eigenvalue weighted by Gasteiger charge is -2.12. The summed E-state index contributed by atoms with van der Waals surface area (Å²) in [6, 6.07) is 5.73. The predicted octanol–water partition coefficient (Wildman–Crippen LogP) is 2.47. The Balaban J connectivity index is 2.03. The van der Waals surface area contributed by atoms with Crippen molar-refractivity contribution in [2.75, 3.05) is 5.32 Å². The van der Waals surface area contributed by atoms with Crippen LogP contribution in [0.15, 0.2) is 30.5 Å². The Morgan fingerprint density at radius 3 is 2.67 bits per heavy atom. The van der Waals surface area contributed by atoms with Crippen LogP contribution in [0.25, 0.3) is 0 Å². The van der Waals surface area contributed by atoms with Gasteiger partial charge < -0.3 is 15.2 Å². The van der Waals surface area contributed by atoms with E-state index in [2.05, 4.69) is 15.3 Å². The molecule has 0 aliphatic heterocycles. The van der Waals surface area contributed by atoms with Crippen molar-refractivity contribution in [3.8, 4) is 6.01 Å². The SMILES string of the molecule is CCC(O)Nc1nc(OCc2ccc(F)cc2)ncc1F. The third kappa shape index (κ3) is 4.35. The second kappa shape index (κ2) is 6.94. The van der Waals surface area contributed by atoms with E-state index in [1.807, 2.05) is 0 Å². The fourth-order valence-electron chi connectivity index (χ4n) is 1.51. The molecule has 0 saturated heterocycles. The van der Waals surface area contributed by atoms with E-state index in [4.69, 9.17) is 4.74 Å². The maximum absolute atomic E-state index is 13.5. The van der Waals surface area contributed by atoms with Gasteiger partial charge in [-0.1, -0.05) is 19.1 Å². The molecule has 21 heavy (non-hydrogen) atoms. The first kappa shape index (κ1) is 15.1. The Kier molecular flexibility index (Phi) is 4.99. The number of nitrogens with zero attached hydrogens (tertiary/aromatic N) is 2. The lowest BCUT2D eigenvalue weighted by atomic mass is 10.2. The summed E-state index contributed by atoms with van der Waals surface area (Å²) in [5, 5.41) is 12.0. The maximum Gasteiger partial charge on any atom is 0.318 e. The van der Waals surface area contributed by atoms with E-state index in [9.17, 15) is 13.9 Å². The minimum Gasteiger partial charge on any atom is -0.459 e. The first-order chi connectivity index (χ1) is 10.1. The van der Waals surface area contributed by atoms with E-state index in [1.54, 1.807) is 19.1 Å². The van der Waals surface area contributed by atoms with Crippen molar-refractivity contribution in [1.82, 2.24) is 9.97 Å². The fraction of sp³-hybridized carbons (Fsp3) is 0.286. The van der Waals surface area contributed by atoms with Gasteiger partial charge in [0.2, 0.25) is 0 Å². The molecule has 0 aliphatic rings. The zero-order valence-electron chi connectivity index (χ0n) is 11.4. The van der Waals surface area contributed by atoms with Crippen molar-refractivity contribution in [2.24, 2.45) is 0 Å². The Morgan fingerprint density at radius 2 is 2.00 bits per heavy atom. The van der Waals surface area contributed by atoms with Gasteiger partial charge in [0.15, 0.2) is 11.6 Å². The molecule has 112 valence electrons. The van der Waals surface area contributed by atoms with Crippen LogP contribution >= 0.6 is 0 Å². The number of aromatic nitrogens is 2. The lowest BCUT2D eigenvalue weighted by molar-refractivity contribution is 0.198. The summed E-state index contributed by atoms with van der Waals surface area (Å²) in [4.78, 5) is 7.54. The average Bonchev–Trinajstić information content (AvgIpc) is 2.49. The first-order valence-corrected chi connectivity index (χ1v) is 6.43. The number of ether oxygens (including phenoxy) is 1. The van der Waals surface area contributed by atoms with E-state index in [-0.39, 0.29) is 24.3 Å². The number of halogens is 2. The van der Waals surface area contributed by atoms with Gasteiger partial charge in [0, 0.05) is 0 Å². The van der Waals surface area contributed by atoms with Gasteiger partial charge in [-0.15, -0.1) is 0 Å². The summed E-state index contributed by atoms with van der Waals surface area (Å²) < 4.78 is 31.6. The topological polar surface area (TPSA) is 67.3 Å². The van der Waals surface area contributed by atoms with E-state index < -0.39 is 12.0 Å². The largest absolute Gasteiger partial charge is 0.459 e. The lowest BCUT2D eigenvalue weighted by Crippen LogP contribution is -2.19. The molecular formula is C14H15F2N3O2. The van der Waals surface area contributed by atoms with Crippen LogP contribution in [0.2, 0.25) is 0 Å². The van der Waals surface area contributed by atoms with Gasteiger partial charge in [0.05, 0.1) is 6.20 Å². The molecule has 1 aromatic carbocycles. The number of rotatable bonds is 6. The predicted molar refractivity (Wildman–Crippen MR) is 72.6 cm³/mol. The van der Waals surface area contributed by atoms with Gasteiger partial charge in [0.1, 0.15) is 18.7 Å². The Morgan fingerprint density at radius 1 is 1.29 bits per heavy atom. The number of benzene rings is 1. The van der Waals surface area contributed by atoms with Crippen molar-refractivity contribution in [1.29, 1.82) is 0 Å². The molecule has 2 aromatic rings. The number of nitrogens with one attached hydrogen (secondary N) is 1. The number of aliphatic hydroxyl groups is 1. The third-order valence-corrected chi connectivity index (χ3v) is 2.69. The molecule has 0 fully saturated rings. The normalized spacial score (nSPS) is 12.0. The minimum absolute atomic E-state index is 0.0356. The van der Waals surface area contributed by atoms with Crippen molar-refractivity contribution >= 4 is 5.82 Å². The molecule has 0 radical (unpaired) electrons. The molecule has 0 saturated carbocycles. The van der Waals surface area contributed by atoms with Gasteiger partial charge in [-0.25, -0.2) is 13.8 Å². The highest BCUT2D eigenvalue weighted by molar-refractivity contribution is 5.36. The fourth-order valence-corrected chi connectivity index (χ4v) is 1.51. The summed E-state index contributed by atoms with van der Waals surface area (Å²) in [6.45, 7) is 1.87. The van der Waals surface area contributed by atoms with Crippen molar-refractivity contribution < 1.29 is 18.6 Å². The van der Waals surface area contributed by atoms with Gasteiger partial charge in [0.25, 0.3) is 0 Å².